The number of hydrogen-bond acceptors (Lipinski definition) is 1. The van der Waals surface area contributed by atoms with Gasteiger partial charge in [-0.3, -0.25) is 0 Å². The first kappa shape index (κ1) is 17.4. The summed E-state index contributed by atoms with van der Waals surface area (Å²) in [5, 5.41) is 0. The predicted molar refractivity (Wildman–Crippen MR) is 80.5 cm³/mol. The summed E-state index contributed by atoms with van der Waals surface area (Å²) in [5.74, 6) is -2.03. The Hall–Kier alpha value is -0.980. The largest absolute Gasteiger partial charge is 0.611 e. The maximum Gasteiger partial charge on any atom is 0.433 e. The van der Waals surface area contributed by atoms with Crippen LogP contribution in [0.2, 0.25) is 0 Å². The Morgan fingerprint density at radius 2 is 1.86 bits per heavy atom. The highest BCUT2D eigenvalue weighted by molar-refractivity contribution is 7.95. The molecule has 0 amide bonds. The molecule has 0 aliphatic heterocycles. The van der Waals surface area contributed by atoms with E-state index in [1.807, 2.05) is 0 Å². The number of hydrogen-bond donors (Lipinski definition) is 0. The van der Waals surface area contributed by atoms with E-state index in [9.17, 15) is 22.1 Å². The maximum absolute atomic E-state index is 14.2. The van der Waals surface area contributed by atoms with Crippen LogP contribution < -0.4 is 0 Å². The monoisotopic (exact) mass is 352 g/mol. The molecule has 1 nitrogen and oxygen atoms in total. The standard InChI is InChI=1S/C15H13ClF4OS/c1-14(16)8-12(17)11(10-5-3-2-4-6-10)7-13(14)22(21)9-15(18,19)20/h2-7H,8-9H2,1H3. The molecule has 0 bridgehead atoms. The maximum atomic E-state index is 14.2. The molecule has 22 heavy (non-hydrogen) atoms. The van der Waals surface area contributed by atoms with Crippen molar-refractivity contribution in [2.45, 2.75) is 24.4 Å². The Kier molecular flexibility index (Phi) is 4.94. The number of allylic oxidation sites excluding steroid dienone is 4. The molecule has 2 atom stereocenters. The smallest absolute Gasteiger partial charge is 0.433 e. The highest BCUT2D eigenvalue weighted by Gasteiger charge is 2.45. The van der Waals surface area contributed by atoms with E-state index >= 15 is 0 Å². The summed E-state index contributed by atoms with van der Waals surface area (Å²) < 4.78 is 63.6. The molecule has 1 aliphatic carbocycles. The van der Waals surface area contributed by atoms with E-state index in [1.54, 1.807) is 30.3 Å². The van der Waals surface area contributed by atoms with Crippen LogP contribution in [-0.2, 0) is 11.2 Å². The fraction of sp³-hybridized carbons (Fsp3) is 0.333. The van der Waals surface area contributed by atoms with E-state index in [2.05, 4.69) is 0 Å². The lowest BCUT2D eigenvalue weighted by atomic mass is 9.92. The van der Waals surface area contributed by atoms with Gasteiger partial charge in [-0.25, -0.2) is 4.39 Å². The van der Waals surface area contributed by atoms with Crippen LogP contribution in [0.4, 0.5) is 17.6 Å². The van der Waals surface area contributed by atoms with Crippen LogP contribution in [0.5, 0.6) is 0 Å². The minimum Gasteiger partial charge on any atom is -0.611 e. The summed E-state index contributed by atoms with van der Waals surface area (Å²) in [6.07, 6.45) is -3.69. The van der Waals surface area contributed by atoms with Gasteiger partial charge in [0, 0.05) is 18.1 Å². The van der Waals surface area contributed by atoms with Crippen molar-refractivity contribution in [3.05, 3.63) is 52.7 Å². The van der Waals surface area contributed by atoms with Gasteiger partial charge in [0.05, 0.1) is 0 Å². The minimum atomic E-state index is -4.58. The zero-order valence-electron chi connectivity index (χ0n) is 11.6. The fourth-order valence-corrected chi connectivity index (χ4v) is 3.90. The molecule has 0 heterocycles. The van der Waals surface area contributed by atoms with Crippen molar-refractivity contribution < 1.29 is 22.1 Å². The van der Waals surface area contributed by atoms with E-state index in [1.165, 1.54) is 13.0 Å². The van der Waals surface area contributed by atoms with Gasteiger partial charge >= 0.3 is 6.18 Å². The van der Waals surface area contributed by atoms with E-state index < -0.39 is 33.8 Å². The van der Waals surface area contributed by atoms with Gasteiger partial charge in [-0.05, 0) is 23.7 Å². The van der Waals surface area contributed by atoms with Crippen LogP contribution in [-0.4, -0.2) is 21.4 Å². The highest BCUT2D eigenvalue weighted by atomic mass is 35.5. The molecule has 2 unspecified atom stereocenters. The molecular weight excluding hydrogens is 340 g/mol. The lowest BCUT2D eigenvalue weighted by Crippen LogP contribution is -2.33. The van der Waals surface area contributed by atoms with Crippen molar-refractivity contribution >= 4 is 28.3 Å². The summed E-state index contributed by atoms with van der Waals surface area (Å²) >= 11 is 3.76. The van der Waals surface area contributed by atoms with Gasteiger partial charge < -0.3 is 4.55 Å². The SMILES string of the molecule is CC1(Cl)CC(F)=C(c2ccccc2)C=C1[S+]([O-])CC(F)(F)F. The average Bonchev–Trinajstić information content (AvgIpc) is 2.36. The molecule has 0 aromatic heterocycles. The van der Waals surface area contributed by atoms with Gasteiger partial charge in [-0.1, -0.05) is 30.3 Å². The molecule has 0 spiro atoms. The molecule has 0 fully saturated rings. The van der Waals surface area contributed by atoms with Gasteiger partial charge in [-0.2, -0.15) is 13.2 Å². The Balaban J connectivity index is 2.41. The molecule has 0 N–H and O–H groups in total. The lowest BCUT2D eigenvalue weighted by Gasteiger charge is -2.30. The summed E-state index contributed by atoms with van der Waals surface area (Å²) in [5.41, 5.74) is 0.637. The molecule has 7 heteroatoms. The second-order valence-corrected chi connectivity index (χ2v) is 7.43. The lowest BCUT2D eigenvalue weighted by molar-refractivity contribution is -0.106. The molecule has 2 rings (SSSR count). The second kappa shape index (κ2) is 6.26. The third kappa shape index (κ3) is 4.06. The summed E-state index contributed by atoms with van der Waals surface area (Å²) in [6.45, 7) is 1.37. The molecule has 0 saturated carbocycles. The number of benzene rings is 1. The van der Waals surface area contributed by atoms with Crippen LogP contribution in [0.25, 0.3) is 5.57 Å². The van der Waals surface area contributed by atoms with Crippen molar-refractivity contribution in [1.82, 2.24) is 0 Å². The predicted octanol–water partition coefficient (Wildman–Crippen LogP) is 4.96. The molecular formula is C15H13ClF4OS. The van der Waals surface area contributed by atoms with Crippen molar-refractivity contribution in [2.24, 2.45) is 0 Å². The molecule has 120 valence electrons. The molecule has 0 radical (unpaired) electrons. The van der Waals surface area contributed by atoms with Crippen molar-refractivity contribution in [1.29, 1.82) is 0 Å². The number of halogens is 5. The molecule has 0 saturated heterocycles. The number of alkyl halides is 4. The minimum absolute atomic E-state index is 0.105. The average molecular weight is 353 g/mol. The Labute approximate surface area is 133 Å². The molecule has 1 aliphatic rings. The Morgan fingerprint density at radius 1 is 1.27 bits per heavy atom. The third-order valence-electron chi connectivity index (χ3n) is 3.19. The van der Waals surface area contributed by atoms with Crippen molar-refractivity contribution in [3.63, 3.8) is 0 Å². The van der Waals surface area contributed by atoms with Gasteiger partial charge in [0.2, 0.25) is 5.75 Å². The van der Waals surface area contributed by atoms with Crippen LogP contribution in [0.3, 0.4) is 0 Å². The third-order valence-corrected chi connectivity index (χ3v) is 5.29. The van der Waals surface area contributed by atoms with E-state index in [0.29, 0.717) is 5.56 Å². The molecule has 1 aromatic carbocycles. The van der Waals surface area contributed by atoms with Crippen LogP contribution in [0, 0.1) is 0 Å². The van der Waals surface area contributed by atoms with Gasteiger partial charge in [0.15, 0.2) is 4.91 Å². The quantitative estimate of drug-likeness (QED) is 0.428. The topological polar surface area (TPSA) is 23.1 Å². The summed E-state index contributed by atoms with van der Waals surface area (Å²) in [4.78, 5) is -1.54. The van der Waals surface area contributed by atoms with Gasteiger partial charge in [0.1, 0.15) is 10.7 Å². The van der Waals surface area contributed by atoms with E-state index in [4.69, 9.17) is 11.6 Å². The van der Waals surface area contributed by atoms with Gasteiger partial charge in [0.25, 0.3) is 0 Å². The van der Waals surface area contributed by atoms with Gasteiger partial charge in [-0.15, -0.1) is 11.6 Å². The zero-order chi connectivity index (χ0) is 16.5. The first-order chi connectivity index (χ1) is 10.1. The Bertz CT molecular complexity index is 608. The summed E-state index contributed by atoms with van der Waals surface area (Å²) in [7, 11) is 0. The van der Waals surface area contributed by atoms with E-state index in [-0.39, 0.29) is 16.9 Å². The van der Waals surface area contributed by atoms with Crippen molar-refractivity contribution in [3.8, 4) is 0 Å². The van der Waals surface area contributed by atoms with Crippen LogP contribution >= 0.6 is 11.6 Å². The summed E-state index contributed by atoms with van der Waals surface area (Å²) in [6, 6.07) is 8.37. The second-order valence-electron chi connectivity index (χ2n) is 5.17. The first-order valence-electron chi connectivity index (χ1n) is 6.40. The van der Waals surface area contributed by atoms with Crippen molar-refractivity contribution in [2.75, 3.05) is 5.75 Å². The Morgan fingerprint density at radius 3 is 2.41 bits per heavy atom. The highest BCUT2D eigenvalue weighted by Crippen LogP contribution is 2.44. The van der Waals surface area contributed by atoms with Crippen LogP contribution in [0.1, 0.15) is 18.9 Å². The normalized spacial score (nSPS) is 24.2. The fourth-order valence-electron chi connectivity index (χ4n) is 2.22. The van der Waals surface area contributed by atoms with E-state index in [0.717, 1.165) is 0 Å². The zero-order valence-corrected chi connectivity index (χ0v) is 13.2. The van der Waals surface area contributed by atoms with Crippen LogP contribution in [0.15, 0.2) is 47.1 Å². The molecule has 1 aromatic rings. The first-order valence-corrected chi connectivity index (χ1v) is 8.10. The number of rotatable bonds is 3.